The van der Waals surface area contributed by atoms with Crippen LogP contribution in [0, 0.1) is 0 Å². The molecule has 0 aliphatic heterocycles. The first kappa shape index (κ1) is 26.1. The van der Waals surface area contributed by atoms with Crippen LogP contribution >= 0.6 is 11.3 Å². The standard InChI is InChI=1S/C41H25N5S/c1-4-12-26(13-5-1)39-42-40(27-14-6-2-7-15-27)44-41(43-39)46-34-25-33-28(22-23-45(33)29-16-8-3-9-17-29)24-32(34)30-20-21-36-37(38(30)46)31-18-10-11-19-35(31)47-36/h1-25H. The lowest BCUT2D eigenvalue weighted by molar-refractivity contribution is 0.955. The predicted molar refractivity (Wildman–Crippen MR) is 195 cm³/mol. The van der Waals surface area contributed by atoms with E-state index >= 15 is 0 Å². The molecule has 4 heterocycles. The Kier molecular flexibility index (Phi) is 5.68. The average molecular weight is 620 g/mol. The lowest BCUT2D eigenvalue weighted by Crippen LogP contribution is -2.06. The van der Waals surface area contributed by atoms with Gasteiger partial charge in [0.1, 0.15) is 0 Å². The molecule has 0 saturated heterocycles. The zero-order chi connectivity index (χ0) is 30.9. The van der Waals surface area contributed by atoms with Gasteiger partial charge in [-0.25, -0.2) is 4.98 Å². The maximum Gasteiger partial charge on any atom is 0.238 e. The summed E-state index contributed by atoms with van der Waals surface area (Å²) < 4.78 is 7.03. The SMILES string of the molecule is c1ccc(-c2nc(-c3ccccc3)nc(-n3c4cc5c(ccn5-c5ccccc5)cc4c4ccc5sc6ccccc6c5c43)n2)cc1. The summed E-state index contributed by atoms with van der Waals surface area (Å²) >= 11 is 1.82. The number of benzene rings is 6. The van der Waals surface area contributed by atoms with E-state index in [0.29, 0.717) is 17.6 Å². The maximum absolute atomic E-state index is 5.23. The molecule has 0 radical (unpaired) electrons. The average Bonchev–Trinajstić information content (AvgIpc) is 3.83. The third kappa shape index (κ3) is 4.05. The van der Waals surface area contributed by atoms with Crippen molar-refractivity contribution >= 4 is 64.2 Å². The van der Waals surface area contributed by atoms with Gasteiger partial charge in [-0.15, -0.1) is 11.3 Å². The van der Waals surface area contributed by atoms with Crippen LogP contribution in [-0.2, 0) is 0 Å². The molecule has 220 valence electrons. The van der Waals surface area contributed by atoms with Crippen molar-refractivity contribution < 1.29 is 0 Å². The van der Waals surface area contributed by atoms with E-state index in [2.05, 4.69) is 125 Å². The van der Waals surface area contributed by atoms with Crippen LogP contribution in [0.25, 0.3) is 87.3 Å². The van der Waals surface area contributed by atoms with Gasteiger partial charge in [0.2, 0.25) is 5.95 Å². The van der Waals surface area contributed by atoms with Crippen molar-refractivity contribution in [2.45, 2.75) is 0 Å². The maximum atomic E-state index is 5.23. The summed E-state index contributed by atoms with van der Waals surface area (Å²) in [5, 5.41) is 5.98. The van der Waals surface area contributed by atoms with Crippen LogP contribution in [0.15, 0.2) is 152 Å². The molecule has 5 nitrogen and oxygen atoms in total. The van der Waals surface area contributed by atoms with Gasteiger partial charge >= 0.3 is 0 Å². The fraction of sp³-hybridized carbons (Fsp3) is 0. The molecule has 6 aromatic carbocycles. The number of thiophene rings is 1. The largest absolute Gasteiger partial charge is 0.316 e. The van der Waals surface area contributed by atoms with Gasteiger partial charge in [-0.2, -0.15) is 9.97 Å². The molecule has 47 heavy (non-hydrogen) atoms. The van der Waals surface area contributed by atoms with E-state index in [1.54, 1.807) is 0 Å². The first-order valence-corrected chi connectivity index (χ1v) is 16.4. The number of para-hydroxylation sites is 1. The molecular formula is C41H25N5S. The minimum atomic E-state index is 0.595. The first-order chi connectivity index (χ1) is 23.3. The van der Waals surface area contributed by atoms with Crippen molar-refractivity contribution in [1.82, 2.24) is 24.1 Å². The van der Waals surface area contributed by atoms with Crippen LogP contribution in [0.4, 0.5) is 0 Å². The second-order valence-corrected chi connectivity index (χ2v) is 12.8. The number of fused-ring (bicyclic) bond motifs is 8. The van der Waals surface area contributed by atoms with Crippen molar-refractivity contribution in [1.29, 1.82) is 0 Å². The van der Waals surface area contributed by atoms with Gasteiger partial charge in [-0.3, -0.25) is 4.57 Å². The van der Waals surface area contributed by atoms with E-state index in [9.17, 15) is 0 Å². The molecule has 0 spiro atoms. The van der Waals surface area contributed by atoms with Crippen LogP contribution in [0.1, 0.15) is 0 Å². The van der Waals surface area contributed by atoms with E-state index in [-0.39, 0.29) is 0 Å². The third-order valence-electron chi connectivity index (χ3n) is 9.00. The number of aromatic nitrogens is 5. The second-order valence-electron chi connectivity index (χ2n) is 11.7. The highest BCUT2D eigenvalue weighted by atomic mass is 32.1. The summed E-state index contributed by atoms with van der Waals surface area (Å²) in [7, 11) is 0. The molecule has 0 atom stereocenters. The fourth-order valence-corrected chi connectivity index (χ4v) is 7.97. The van der Waals surface area contributed by atoms with Crippen LogP contribution in [0.3, 0.4) is 0 Å². The Balaban J connectivity index is 1.38. The molecule has 4 aromatic heterocycles. The summed E-state index contributed by atoms with van der Waals surface area (Å²) in [4.78, 5) is 15.5. The van der Waals surface area contributed by atoms with E-state index in [0.717, 1.165) is 33.4 Å². The van der Waals surface area contributed by atoms with Gasteiger partial charge in [0.05, 0.1) is 16.6 Å². The quantitative estimate of drug-likeness (QED) is 0.197. The number of hydrogen-bond donors (Lipinski definition) is 0. The van der Waals surface area contributed by atoms with Crippen LogP contribution in [-0.4, -0.2) is 24.1 Å². The normalized spacial score (nSPS) is 11.8. The van der Waals surface area contributed by atoms with Crippen molar-refractivity contribution in [2.75, 3.05) is 0 Å². The molecule has 0 fully saturated rings. The highest BCUT2D eigenvalue weighted by Gasteiger charge is 2.22. The summed E-state index contributed by atoms with van der Waals surface area (Å²) in [5.74, 6) is 1.87. The molecule has 0 N–H and O–H groups in total. The molecule has 0 unspecified atom stereocenters. The van der Waals surface area contributed by atoms with Gasteiger partial charge in [0, 0.05) is 59.3 Å². The lowest BCUT2D eigenvalue weighted by Gasteiger charge is -2.12. The van der Waals surface area contributed by atoms with Gasteiger partial charge in [-0.05, 0) is 42.5 Å². The molecular weight excluding hydrogens is 595 g/mol. The van der Waals surface area contributed by atoms with Crippen molar-refractivity contribution in [3.63, 3.8) is 0 Å². The van der Waals surface area contributed by atoms with Crippen molar-refractivity contribution in [2.24, 2.45) is 0 Å². The molecule has 10 aromatic rings. The Morgan fingerprint density at radius 2 is 1.15 bits per heavy atom. The summed E-state index contributed by atoms with van der Waals surface area (Å²) in [5.41, 5.74) is 6.29. The molecule has 0 aliphatic rings. The van der Waals surface area contributed by atoms with Crippen LogP contribution in [0.5, 0.6) is 0 Å². The summed E-state index contributed by atoms with van der Waals surface area (Å²) in [6.07, 6.45) is 2.15. The van der Waals surface area contributed by atoms with Gasteiger partial charge in [-0.1, -0.05) is 103 Å². The van der Waals surface area contributed by atoms with Gasteiger partial charge in [0.25, 0.3) is 0 Å². The minimum absolute atomic E-state index is 0.595. The fourth-order valence-electron chi connectivity index (χ4n) is 6.86. The van der Waals surface area contributed by atoms with Crippen molar-refractivity contribution in [3.8, 4) is 34.4 Å². The zero-order valence-corrected chi connectivity index (χ0v) is 25.9. The monoisotopic (exact) mass is 619 g/mol. The predicted octanol–water partition coefficient (Wildman–Crippen LogP) is 10.6. The summed E-state index contributed by atoms with van der Waals surface area (Å²) in [6, 6.07) is 50.9. The number of hydrogen-bond acceptors (Lipinski definition) is 4. The molecule has 10 rings (SSSR count). The Morgan fingerprint density at radius 1 is 0.489 bits per heavy atom. The Morgan fingerprint density at radius 3 is 1.87 bits per heavy atom. The molecule has 0 saturated carbocycles. The van der Waals surface area contributed by atoms with E-state index < -0.39 is 0 Å². The van der Waals surface area contributed by atoms with Gasteiger partial charge in [0.15, 0.2) is 11.6 Å². The Hall–Kier alpha value is -6.11. The number of nitrogens with zero attached hydrogens (tertiary/aromatic N) is 5. The first-order valence-electron chi connectivity index (χ1n) is 15.6. The van der Waals surface area contributed by atoms with E-state index in [4.69, 9.17) is 15.0 Å². The zero-order valence-electron chi connectivity index (χ0n) is 25.1. The molecule has 0 amide bonds. The summed E-state index contributed by atoms with van der Waals surface area (Å²) in [6.45, 7) is 0. The number of rotatable bonds is 4. The minimum Gasteiger partial charge on any atom is -0.316 e. The Bertz CT molecular complexity index is 2720. The van der Waals surface area contributed by atoms with E-state index in [1.165, 1.54) is 36.3 Å². The Labute approximate surface area is 273 Å². The second kappa shape index (κ2) is 10.2. The van der Waals surface area contributed by atoms with Crippen molar-refractivity contribution in [3.05, 3.63) is 152 Å². The lowest BCUT2D eigenvalue weighted by atomic mass is 10.1. The van der Waals surface area contributed by atoms with Crippen LogP contribution in [0.2, 0.25) is 0 Å². The molecule has 6 heteroatoms. The molecule has 0 bridgehead atoms. The highest BCUT2D eigenvalue weighted by molar-refractivity contribution is 7.26. The smallest absolute Gasteiger partial charge is 0.238 e. The van der Waals surface area contributed by atoms with Gasteiger partial charge < -0.3 is 4.57 Å². The highest BCUT2D eigenvalue weighted by Crippen LogP contribution is 2.44. The third-order valence-corrected chi connectivity index (χ3v) is 10.1. The molecule has 0 aliphatic carbocycles. The van der Waals surface area contributed by atoms with Crippen LogP contribution < -0.4 is 0 Å². The topological polar surface area (TPSA) is 48.5 Å². The van der Waals surface area contributed by atoms with E-state index in [1.807, 2.05) is 47.7 Å².